The average Bonchev–Trinajstić information content (AvgIpc) is 3.18. The fourth-order valence-corrected chi connectivity index (χ4v) is 3.89. The van der Waals surface area contributed by atoms with Crippen LogP contribution in [0.5, 0.6) is 0 Å². The number of benzene rings is 1. The lowest BCUT2D eigenvalue weighted by Crippen LogP contribution is -2.48. The number of aromatic nitrogens is 2. The van der Waals surface area contributed by atoms with E-state index in [1.165, 1.54) is 0 Å². The molecule has 8 heteroatoms. The summed E-state index contributed by atoms with van der Waals surface area (Å²) in [6, 6.07) is 7.09. The topological polar surface area (TPSA) is 53.4 Å². The van der Waals surface area contributed by atoms with E-state index in [1.807, 2.05) is 4.90 Å². The number of nitrogens with zero attached hydrogens (tertiary/aromatic N) is 4. The molecule has 2 aromatic rings. The Morgan fingerprint density at radius 2 is 2.12 bits per heavy atom. The fourth-order valence-electron chi connectivity index (χ4n) is 3.89. The van der Waals surface area contributed by atoms with Gasteiger partial charge in [0, 0.05) is 25.7 Å². The monoisotopic (exact) mass is 349 g/mol. The van der Waals surface area contributed by atoms with Crippen molar-refractivity contribution in [1.82, 2.24) is 24.7 Å². The molecular weight excluding hydrogens is 328 g/mol. The minimum absolute atomic E-state index is 0.0216. The zero-order valence-electron chi connectivity index (χ0n) is 13.9. The van der Waals surface area contributed by atoms with Gasteiger partial charge in [-0.15, -0.1) is 0 Å². The molecule has 1 aromatic carbocycles. The molecule has 0 radical (unpaired) electrons. The summed E-state index contributed by atoms with van der Waals surface area (Å²) in [7, 11) is 0. The van der Waals surface area contributed by atoms with E-state index in [9.17, 15) is 13.6 Å². The maximum atomic E-state index is 13.6. The third kappa shape index (κ3) is 3.06. The number of alkyl halides is 2. The molecule has 2 aliphatic rings. The van der Waals surface area contributed by atoms with Crippen molar-refractivity contribution in [3.8, 4) is 0 Å². The second-order valence-corrected chi connectivity index (χ2v) is 6.62. The standard InChI is InChI=1S/C17H21F2N5O/c18-16(19)24-14-6-2-1-5-13(14)21-15(24)11-22-8-3-4-12(10-22)23-9-7-20-17(23)25/h1-2,5-6,12,16H,3-4,7-11H2,(H,20,25)/t12-/m1/s1. The first-order chi connectivity index (χ1) is 12.1. The van der Waals surface area contributed by atoms with Crippen molar-refractivity contribution in [3.05, 3.63) is 30.1 Å². The van der Waals surface area contributed by atoms with E-state index in [1.54, 1.807) is 24.3 Å². The lowest BCUT2D eigenvalue weighted by atomic mass is 10.0. The predicted octanol–water partition coefficient (Wildman–Crippen LogP) is 2.42. The molecule has 2 saturated heterocycles. The molecule has 0 bridgehead atoms. The summed E-state index contributed by atoms with van der Waals surface area (Å²) in [4.78, 5) is 20.3. The highest BCUT2D eigenvalue weighted by molar-refractivity contribution is 5.76. The Morgan fingerprint density at radius 1 is 1.28 bits per heavy atom. The van der Waals surface area contributed by atoms with Gasteiger partial charge in [-0.1, -0.05) is 12.1 Å². The SMILES string of the molecule is O=C1NCCN1[C@@H]1CCCN(Cc2nc3ccccc3n2C(F)F)C1. The molecule has 1 atom stereocenters. The maximum absolute atomic E-state index is 13.6. The van der Waals surface area contributed by atoms with Crippen LogP contribution >= 0.6 is 0 Å². The number of para-hydroxylation sites is 2. The summed E-state index contributed by atoms with van der Waals surface area (Å²) in [5.74, 6) is 0.378. The minimum atomic E-state index is -2.62. The third-order valence-electron chi connectivity index (χ3n) is 5.04. The molecule has 0 unspecified atom stereocenters. The summed E-state index contributed by atoms with van der Waals surface area (Å²) >= 11 is 0. The Bertz CT molecular complexity index is 777. The van der Waals surface area contributed by atoms with Gasteiger partial charge in [0.2, 0.25) is 0 Å². The first-order valence-corrected chi connectivity index (χ1v) is 8.64. The molecule has 1 aromatic heterocycles. The molecule has 0 saturated carbocycles. The molecule has 2 amide bonds. The first-order valence-electron chi connectivity index (χ1n) is 8.64. The molecular formula is C17H21F2N5O. The number of likely N-dealkylation sites (tertiary alicyclic amines) is 1. The Hall–Kier alpha value is -2.22. The Kier molecular flexibility index (Phi) is 4.29. The number of piperidine rings is 1. The fraction of sp³-hybridized carbons (Fsp3) is 0.529. The van der Waals surface area contributed by atoms with Gasteiger partial charge in [-0.25, -0.2) is 9.78 Å². The van der Waals surface area contributed by atoms with Gasteiger partial charge in [-0.05, 0) is 31.5 Å². The van der Waals surface area contributed by atoms with Gasteiger partial charge in [-0.2, -0.15) is 8.78 Å². The van der Waals surface area contributed by atoms with Gasteiger partial charge >= 0.3 is 12.6 Å². The summed E-state index contributed by atoms with van der Waals surface area (Å²) in [6.07, 6.45) is 1.90. The van der Waals surface area contributed by atoms with Crippen molar-refractivity contribution >= 4 is 17.1 Å². The molecule has 4 rings (SSSR count). The van der Waals surface area contributed by atoms with Crippen molar-refractivity contribution in [3.63, 3.8) is 0 Å². The Labute approximate surface area is 144 Å². The molecule has 2 fully saturated rings. The third-order valence-corrected chi connectivity index (χ3v) is 5.04. The van der Waals surface area contributed by atoms with Crippen LogP contribution in [-0.2, 0) is 6.54 Å². The highest BCUT2D eigenvalue weighted by atomic mass is 19.3. The Balaban J connectivity index is 1.54. The zero-order chi connectivity index (χ0) is 17.4. The number of amides is 2. The number of carbonyl (C=O) groups excluding carboxylic acids is 1. The molecule has 6 nitrogen and oxygen atoms in total. The molecule has 25 heavy (non-hydrogen) atoms. The molecule has 3 heterocycles. The largest absolute Gasteiger partial charge is 0.336 e. The van der Waals surface area contributed by atoms with E-state index in [4.69, 9.17) is 0 Å². The van der Waals surface area contributed by atoms with Gasteiger partial charge in [0.25, 0.3) is 0 Å². The average molecular weight is 349 g/mol. The van der Waals surface area contributed by atoms with Crippen molar-refractivity contribution in [1.29, 1.82) is 0 Å². The van der Waals surface area contributed by atoms with Crippen LogP contribution in [0.4, 0.5) is 13.6 Å². The first kappa shape index (κ1) is 16.3. The van der Waals surface area contributed by atoms with Gasteiger partial charge < -0.3 is 10.2 Å². The maximum Gasteiger partial charge on any atom is 0.320 e. The van der Waals surface area contributed by atoms with Crippen molar-refractivity contribution in [2.45, 2.75) is 32.0 Å². The quantitative estimate of drug-likeness (QED) is 0.922. The lowest BCUT2D eigenvalue weighted by Gasteiger charge is -2.36. The molecule has 0 aliphatic carbocycles. The van der Waals surface area contributed by atoms with Crippen LogP contribution < -0.4 is 5.32 Å². The number of carbonyl (C=O) groups is 1. The van der Waals surface area contributed by atoms with Crippen molar-refractivity contribution < 1.29 is 13.6 Å². The molecule has 2 aliphatic heterocycles. The van der Waals surface area contributed by atoms with Crippen LogP contribution in [0.2, 0.25) is 0 Å². The van der Waals surface area contributed by atoms with E-state index in [-0.39, 0.29) is 12.1 Å². The smallest absolute Gasteiger partial charge is 0.320 e. The van der Waals surface area contributed by atoms with Crippen molar-refractivity contribution in [2.24, 2.45) is 0 Å². The van der Waals surface area contributed by atoms with Gasteiger partial charge in [0.05, 0.1) is 17.6 Å². The summed E-state index contributed by atoms with van der Waals surface area (Å²) in [5.41, 5.74) is 1.05. The number of fused-ring (bicyclic) bond motifs is 1. The highest BCUT2D eigenvalue weighted by Crippen LogP contribution is 2.25. The second-order valence-electron chi connectivity index (χ2n) is 6.62. The minimum Gasteiger partial charge on any atom is -0.336 e. The highest BCUT2D eigenvalue weighted by Gasteiger charge is 2.32. The van der Waals surface area contributed by atoms with Crippen LogP contribution in [0.1, 0.15) is 25.2 Å². The van der Waals surface area contributed by atoms with Gasteiger partial charge in [-0.3, -0.25) is 9.47 Å². The summed E-state index contributed by atoms with van der Waals surface area (Å²) in [6.45, 7) is 0.666. The Morgan fingerprint density at radius 3 is 2.88 bits per heavy atom. The van der Waals surface area contributed by atoms with E-state index >= 15 is 0 Å². The number of urea groups is 1. The van der Waals surface area contributed by atoms with Crippen LogP contribution in [-0.4, -0.2) is 57.6 Å². The number of halogens is 2. The molecule has 134 valence electrons. The summed E-state index contributed by atoms with van der Waals surface area (Å²) < 4.78 is 28.1. The van der Waals surface area contributed by atoms with E-state index in [0.29, 0.717) is 43.0 Å². The van der Waals surface area contributed by atoms with E-state index in [0.717, 1.165) is 24.0 Å². The number of hydrogen-bond donors (Lipinski definition) is 1. The van der Waals surface area contributed by atoms with Crippen molar-refractivity contribution in [2.75, 3.05) is 26.2 Å². The van der Waals surface area contributed by atoms with E-state index < -0.39 is 6.55 Å². The van der Waals surface area contributed by atoms with Crippen LogP contribution in [0.25, 0.3) is 11.0 Å². The van der Waals surface area contributed by atoms with Gasteiger partial charge in [0.15, 0.2) is 0 Å². The van der Waals surface area contributed by atoms with E-state index in [2.05, 4.69) is 15.2 Å². The molecule has 1 N–H and O–H groups in total. The second kappa shape index (κ2) is 6.59. The number of nitrogens with one attached hydrogen (secondary N) is 1. The molecule has 0 spiro atoms. The number of imidazole rings is 1. The lowest BCUT2D eigenvalue weighted by molar-refractivity contribution is 0.0649. The normalized spacial score (nSPS) is 22.1. The zero-order valence-corrected chi connectivity index (χ0v) is 13.9. The number of rotatable bonds is 4. The predicted molar refractivity (Wildman–Crippen MR) is 89.4 cm³/mol. The van der Waals surface area contributed by atoms with Gasteiger partial charge in [0.1, 0.15) is 5.82 Å². The van der Waals surface area contributed by atoms with Crippen LogP contribution in [0, 0.1) is 0 Å². The van der Waals surface area contributed by atoms with Crippen LogP contribution in [0.15, 0.2) is 24.3 Å². The summed E-state index contributed by atoms with van der Waals surface area (Å²) in [5, 5.41) is 2.83. The number of hydrogen-bond acceptors (Lipinski definition) is 3. The van der Waals surface area contributed by atoms with Crippen LogP contribution in [0.3, 0.4) is 0 Å².